The van der Waals surface area contributed by atoms with Crippen LogP contribution in [0.5, 0.6) is 0 Å². The van der Waals surface area contributed by atoms with Crippen molar-refractivity contribution < 1.29 is 0 Å². The van der Waals surface area contributed by atoms with Crippen LogP contribution in [0, 0.1) is 11.3 Å². The number of likely N-dealkylation sites (N-methyl/N-ethyl adjacent to an activating group) is 1. The van der Waals surface area contributed by atoms with Crippen molar-refractivity contribution in [3.8, 4) is 6.07 Å². The molecule has 1 aromatic carbocycles. The van der Waals surface area contributed by atoms with Gasteiger partial charge < -0.3 is 4.90 Å². The number of rotatable bonds is 1. The van der Waals surface area contributed by atoms with Gasteiger partial charge in [0.15, 0.2) is 0 Å². The van der Waals surface area contributed by atoms with Crippen LogP contribution in [0.25, 0.3) is 0 Å². The van der Waals surface area contributed by atoms with Gasteiger partial charge in [-0.25, -0.2) is 0 Å². The van der Waals surface area contributed by atoms with Crippen LogP contribution < -0.4 is 4.90 Å². The third kappa shape index (κ3) is 1.25. The van der Waals surface area contributed by atoms with E-state index < -0.39 is 0 Å². The SMILES string of the molecule is C=C1N(CC)c2ccc(C#N)cc2C1(C)C. The molecule has 0 N–H and O–H groups in total. The van der Waals surface area contributed by atoms with E-state index >= 15 is 0 Å². The Balaban J connectivity index is 2.66. The lowest BCUT2D eigenvalue weighted by atomic mass is 9.84. The molecule has 1 aliphatic heterocycles. The van der Waals surface area contributed by atoms with E-state index in [4.69, 9.17) is 5.26 Å². The lowest BCUT2D eigenvalue weighted by Crippen LogP contribution is -2.24. The van der Waals surface area contributed by atoms with Crippen molar-refractivity contribution in [1.29, 1.82) is 5.26 Å². The van der Waals surface area contributed by atoms with Crippen LogP contribution in [0.3, 0.4) is 0 Å². The van der Waals surface area contributed by atoms with Crippen molar-refractivity contribution in [2.24, 2.45) is 0 Å². The molecule has 0 aliphatic carbocycles. The first-order chi connectivity index (χ1) is 7.52. The lowest BCUT2D eigenvalue weighted by Gasteiger charge is -2.24. The molecule has 0 radical (unpaired) electrons. The Bertz CT molecular complexity index is 492. The Morgan fingerprint density at radius 2 is 2.12 bits per heavy atom. The molecule has 0 amide bonds. The van der Waals surface area contributed by atoms with E-state index in [1.807, 2.05) is 18.2 Å². The summed E-state index contributed by atoms with van der Waals surface area (Å²) in [4.78, 5) is 2.22. The maximum atomic E-state index is 8.94. The minimum absolute atomic E-state index is 0.0712. The quantitative estimate of drug-likeness (QED) is 0.714. The van der Waals surface area contributed by atoms with E-state index in [9.17, 15) is 0 Å². The molecule has 0 unspecified atom stereocenters. The fraction of sp³-hybridized carbons (Fsp3) is 0.357. The second-order valence-electron chi connectivity index (χ2n) is 4.66. The first-order valence-electron chi connectivity index (χ1n) is 5.54. The van der Waals surface area contributed by atoms with Gasteiger partial charge in [-0.3, -0.25) is 0 Å². The highest BCUT2D eigenvalue weighted by molar-refractivity contribution is 5.71. The number of fused-ring (bicyclic) bond motifs is 1. The molecule has 0 saturated heterocycles. The summed E-state index contributed by atoms with van der Waals surface area (Å²) in [5.41, 5.74) is 4.16. The van der Waals surface area contributed by atoms with E-state index in [-0.39, 0.29) is 5.41 Å². The highest BCUT2D eigenvalue weighted by atomic mass is 15.2. The molecule has 1 heterocycles. The number of benzene rings is 1. The highest BCUT2D eigenvalue weighted by Gasteiger charge is 2.38. The van der Waals surface area contributed by atoms with E-state index in [2.05, 4.69) is 38.3 Å². The summed E-state index contributed by atoms with van der Waals surface area (Å²) in [5, 5.41) is 8.94. The van der Waals surface area contributed by atoms with Gasteiger partial charge in [-0.1, -0.05) is 20.4 Å². The van der Waals surface area contributed by atoms with Crippen molar-refractivity contribution in [3.05, 3.63) is 41.6 Å². The normalized spacial score (nSPS) is 17.1. The molecular weight excluding hydrogens is 196 g/mol. The van der Waals surface area contributed by atoms with Crippen molar-refractivity contribution in [2.75, 3.05) is 11.4 Å². The third-order valence-corrected chi connectivity index (χ3v) is 3.45. The second kappa shape index (κ2) is 3.38. The molecule has 0 aromatic heterocycles. The molecule has 0 fully saturated rings. The molecule has 2 rings (SSSR count). The van der Waals surface area contributed by atoms with Gasteiger partial charge in [0.25, 0.3) is 0 Å². The van der Waals surface area contributed by atoms with Gasteiger partial charge in [-0.2, -0.15) is 5.26 Å². The summed E-state index contributed by atoms with van der Waals surface area (Å²) in [6, 6.07) is 8.07. The fourth-order valence-corrected chi connectivity index (χ4v) is 2.34. The zero-order valence-electron chi connectivity index (χ0n) is 10.0. The van der Waals surface area contributed by atoms with Crippen molar-refractivity contribution in [1.82, 2.24) is 0 Å². The van der Waals surface area contributed by atoms with Crippen LogP contribution in [0.15, 0.2) is 30.5 Å². The summed E-state index contributed by atoms with van der Waals surface area (Å²) in [6.45, 7) is 11.5. The molecule has 0 bridgehead atoms. The minimum Gasteiger partial charge on any atom is -0.345 e. The zero-order valence-corrected chi connectivity index (χ0v) is 10.0. The van der Waals surface area contributed by atoms with Crippen LogP contribution in [-0.4, -0.2) is 6.54 Å². The number of hydrogen-bond acceptors (Lipinski definition) is 2. The predicted molar refractivity (Wildman–Crippen MR) is 66.3 cm³/mol. The van der Waals surface area contributed by atoms with Gasteiger partial charge in [0.05, 0.1) is 11.6 Å². The number of nitrogens with zero attached hydrogens (tertiary/aromatic N) is 2. The van der Waals surface area contributed by atoms with E-state index in [0.29, 0.717) is 0 Å². The first-order valence-corrected chi connectivity index (χ1v) is 5.54. The van der Waals surface area contributed by atoms with E-state index in [1.54, 1.807) is 0 Å². The van der Waals surface area contributed by atoms with Gasteiger partial charge >= 0.3 is 0 Å². The molecule has 16 heavy (non-hydrogen) atoms. The number of anilines is 1. The molecule has 0 spiro atoms. The van der Waals surface area contributed by atoms with Crippen molar-refractivity contribution >= 4 is 5.69 Å². The number of allylic oxidation sites excluding steroid dienone is 1. The molecular formula is C14H16N2. The van der Waals surface area contributed by atoms with Crippen molar-refractivity contribution in [2.45, 2.75) is 26.2 Å². The maximum Gasteiger partial charge on any atom is 0.0991 e. The lowest BCUT2D eigenvalue weighted by molar-refractivity contribution is 0.636. The Morgan fingerprint density at radius 1 is 1.44 bits per heavy atom. The standard InChI is InChI=1S/C14H16N2/c1-5-16-10(2)14(3,4)12-8-11(9-15)6-7-13(12)16/h6-8H,2,5H2,1,3-4H3. The summed E-state index contributed by atoms with van der Waals surface area (Å²) < 4.78 is 0. The Labute approximate surface area is 96.8 Å². The van der Waals surface area contributed by atoms with Crippen molar-refractivity contribution in [3.63, 3.8) is 0 Å². The minimum atomic E-state index is -0.0712. The van der Waals surface area contributed by atoms with Gasteiger partial charge in [-0.15, -0.1) is 0 Å². The van der Waals surface area contributed by atoms with Gasteiger partial charge in [0.2, 0.25) is 0 Å². The van der Waals surface area contributed by atoms with Crippen LogP contribution in [-0.2, 0) is 5.41 Å². The summed E-state index contributed by atoms with van der Waals surface area (Å²) in [7, 11) is 0. The molecule has 0 atom stereocenters. The Kier molecular flexibility index (Phi) is 2.27. The molecule has 82 valence electrons. The second-order valence-corrected chi connectivity index (χ2v) is 4.66. The van der Waals surface area contributed by atoms with Gasteiger partial charge in [0.1, 0.15) is 0 Å². The summed E-state index contributed by atoms with van der Waals surface area (Å²) in [6.07, 6.45) is 0. The molecule has 1 aliphatic rings. The third-order valence-electron chi connectivity index (χ3n) is 3.45. The van der Waals surface area contributed by atoms with Crippen LogP contribution >= 0.6 is 0 Å². The Morgan fingerprint density at radius 3 is 2.69 bits per heavy atom. The molecule has 0 saturated carbocycles. The number of hydrogen-bond donors (Lipinski definition) is 0. The summed E-state index contributed by atoms with van der Waals surface area (Å²) in [5.74, 6) is 0. The smallest absolute Gasteiger partial charge is 0.0991 e. The van der Waals surface area contributed by atoms with Crippen LogP contribution in [0.2, 0.25) is 0 Å². The average Bonchev–Trinajstić information content (AvgIpc) is 2.47. The van der Waals surface area contributed by atoms with E-state index in [0.717, 1.165) is 17.8 Å². The fourth-order valence-electron chi connectivity index (χ4n) is 2.34. The van der Waals surface area contributed by atoms with Gasteiger partial charge in [0, 0.05) is 23.3 Å². The monoisotopic (exact) mass is 212 g/mol. The van der Waals surface area contributed by atoms with Gasteiger partial charge in [-0.05, 0) is 30.7 Å². The van der Waals surface area contributed by atoms with Crippen LogP contribution in [0.4, 0.5) is 5.69 Å². The maximum absolute atomic E-state index is 8.94. The zero-order chi connectivity index (χ0) is 11.9. The number of nitriles is 1. The Hall–Kier alpha value is -1.75. The topological polar surface area (TPSA) is 27.0 Å². The van der Waals surface area contributed by atoms with Crippen LogP contribution in [0.1, 0.15) is 31.9 Å². The van der Waals surface area contributed by atoms with E-state index in [1.165, 1.54) is 11.3 Å². The molecule has 2 nitrogen and oxygen atoms in total. The predicted octanol–water partition coefficient (Wildman–Crippen LogP) is 3.19. The first kappa shape index (κ1) is 10.8. The molecule has 2 heteroatoms. The average molecular weight is 212 g/mol. The summed E-state index contributed by atoms with van der Waals surface area (Å²) >= 11 is 0. The molecule has 1 aromatic rings. The highest BCUT2D eigenvalue weighted by Crippen LogP contribution is 2.46. The largest absolute Gasteiger partial charge is 0.345 e.